The molecule has 3 heteroatoms. The van der Waals surface area contributed by atoms with Gasteiger partial charge < -0.3 is 10.2 Å². The molecular weight excluding hydrogens is 272 g/mol. The van der Waals surface area contributed by atoms with Gasteiger partial charge >= 0.3 is 0 Å². The standard InChI is InChI=1S/C19H24N2O/c1-15-7-9-17(10-8-15)13-18-5-4-6-19(14-18)20-11-12-21(3)16(2)22/h4-10,14,20H,11-13H2,1-3H3. The predicted octanol–water partition coefficient (Wildman–Crippen LogP) is 3.48. The van der Waals surface area contributed by atoms with Crippen molar-refractivity contribution in [3.63, 3.8) is 0 Å². The summed E-state index contributed by atoms with van der Waals surface area (Å²) in [5, 5.41) is 3.37. The Hall–Kier alpha value is -2.29. The summed E-state index contributed by atoms with van der Waals surface area (Å²) in [6.07, 6.45) is 0.934. The number of hydrogen-bond donors (Lipinski definition) is 1. The van der Waals surface area contributed by atoms with Crippen molar-refractivity contribution in [3.05, 3.63) is 65.2 Å². The molecule has 22 heavy (non-hydrogen) atoms. The largest absolute Gasteiger partial charge is 0.383 e. The second-order valence-corrected chi connectivity index (χ2v) is 5.73. The molecule has 0 fully saturated rings. The first kappa shape index (κ1) is 16.1. The number of nitrogens with one attached hydrogen (secondary N) is 1. The molecule has 116 valence electrons. The molecule has 3 nitrogen and oxygen atoms in total. The number of carbonyl (C=O) groups excluding carboxylic acids is 1. The van der Waals surface area contributed by atoms with E-state index in [4.69, 9.17) is 0 Å². The van der Waals surface area contributed by atoms with Gasteiger partial charge in [-0.25, -0.2) is 0 Å². The summed E-state index contributed by atoms with van der Waals surface area (Å²) in [5.41, 5.74) is 4.99. The summed E-state index contributed by atoms with van der Waals surface area (Å²) in [7, 11) is 1.82. The molecule has 2 rings (SSSR count). The lowest BCUT2D eigenvalue weighted by Gasteiger charge is -2.15. The fourth-order valence-electron chi connectivity index (χ4n) is 2.26. The molecule has 0 bridgehead atoms. The second kappa shape index (κ2) is 7.64. The van der Waals surface area contributed by atoms with E-state index in [9.17, 15) is 4.79 Å². The van der Waals surface area contributed by atoms with Gasteiger partial charge in [-0.2, -0.15) is 0 Å². The zero-order valence-corrected chi connectivity index (χ0v) is 13.6. The van der Waals surface area contributed by atoms with Crippen molar-refractivity contribution < 1.29 is 4.79 Å². The summed E-state index contributed by atoms with van der Waals surface area (Å²) in [4.78, 5) is 12.9. The number of nitrogens with zero attached hydrogens (tertiary/aromatic N) is 1. The number of anilines is 1. The van der Waals surface area contributed by atoms with Gasteiger partial charge in [-0.15, -0.1) is 0 Å². The summed E-state index contributed by atoms with van der Waals surface area (Å²) in [6.45, 7) is 5.15. The van der Waals surface area contributed by atoms with Crippen LogP contribution in [0.15, 0.2) is 48.5 Å². The van der Waals surface area contributed by atoms with Gasteiger partial charge in [0.2, 0.25) is 5.91 Å². The molecule has 0 aliphatic carbocycles. The lowest BCUT2D eigenvalue weighted by molar-refractivity contribution is -0.127. The Morgan fingerprint density at radius 2 is 1.82 bits per heavy atom. The van der Waals surface area contributed by atoms with E-state index in [1.54, 1.807) is 11.8 Å². The average Bonchev–Trinajstić information content (AvgIpc) is 2.50. The van der Waals surface area contributed by atoms with Crippen molar-refractivity contribution >= 4 is 11.6 Å². The van der Waals surface area contributed by atoms with Crippen molar-refractivity contribution in [1.82, 2.24) is 4.90 Å². The minimum atomic E-state index is 0.0925. The van der Waals surface area contributed by atoms with E-state index in [0.29, 0.717) is 6.54 Å². The van der Waals surface area contributed by atoms with Crippen LogP contribution in [0.5, 0.6) is 0 Å². The molecule has 0 aliphatic rings. The normalized spacial score (nSPS) is 10.3. The Bertz CT molecular complexity index is 620. The molecule has 0 radical (unpaired) electrons. The van der Waals surface area contributed by atoms with Crippen LogP contribution in [0.4, 0.5) is 5.69 Å². The Morgan fingerprint density at radius 1 is 1.09 bits per heavy atom. The number of carbonyl (C=O) groups is 1. The van der Waals surface area contributed by atoms with E-state index in [1.807, 2.05) is 7.05 Å². The zero-order valence-electron chi connectivity index (χ0n) is 13.6. The Kier molecular flexibility index (Phi) is 5.59. The van der Waals surface area contributed by atoms with Gasteiger partial charge in [0.25, 0.3) is 0 Å². The molecule has 1 amide bonds. The van der Waals surface area contributed by atoms with Crippen LogP contribution in [0.2, 0.25) is 0 Å². The van der Waals surface area contributed by atoms with Crippen LogP contribution in [0, 0.1) is 6.92 Å². The summed E-state index contributed by atoms with van der Waals surface area (Å²) >= 11 is 0. The van der Waals surface area contributed by atoms with Crippen LogP contribution in [-0.4, -0.2) is 30.9 Å². The van der Waals surface area contributed by atoms with Crippen molar-refractivity contribution in [2.45, 2.75) is 20.3 Å². The molecule has 1 N–H and O–H groups in total. The monoisotopic (exact) mass is 296 g/mol. The lowest BCUT2D eigenvalue weighted by atomic mass is 10.0. The van der Waals surface area contributed by atoms with Gasteiger partial charge in [0, 0.05) is 32.7 Å². The van der Waals surface area contributed by atoms with Crippen LogP contribution in [-0.2, 0) is 11.2 Å². The fraction of sp³-hybridized carbons (Fsp3) is 0.316. The Balaban J connectivity index is 1.92. The third-order valence-electron chi connectivity index (χ3n) is 3.77. The zero-order chi connectivity index (χ0) is 15.9. The van der Waals surface area contributed by atoms with E-state index in [2.05, 4.69) is 60.8 Å². The van der Waals surface area contributed by atoms with E-state index < -0.39 is 0 Å². The quantitative estimate of drug-likeness (QED) is 0.885. The Morgan fingerprint density at radius 3 is 2.50 bits per heavy atom. The van der Waals surface area contributed by atoms with Crippen molar-refractivity contribution in [3.8, 4) is 0 Å². The summed E-state index contributed by atoms with van der Waals surface area (Å²) in [5.74, 6) is 0.0925. The Labute approximate surface area is 133 Å². The summed E-state index contributed by atoms with van der Waals surface area (Å²) in [6, 6.07) is 17.1. The minimum absolute atomic E-state index is 0.0925. The minimum Gasteiger partial charge on any atom is -0.383 e. The van der Waals surface area contributed by atoms with E-state index in [1.165, 1.54) is 16.7 Å². The van der Waals surface area contributed by atoms with Crippen LogP contribution in [0.25, 0.3) is 0 Å². The highest BCUT2D eigenvalue weighted by Crippen LogP contribution is 2.15. The van der Waals surface area contributed by atoms with Crippen molar-refractivity contribution in [1.29, 1.82) is 0 Å². The molecule has 0 saturated carbocycles. The summed E-state index contributed by atoms with van der Waals surface area (Å²) < 4.78 is 0. The average molecular weight is 296 g/mol. The number of rotatable bonds is 6. The molecule has 0 spiro atoms. The van der Waals surface area contributed by atoms with Gasteiger partial charge in [-0.3, -0.25) is 4.79 Å². The highest BCUT2D eigenvalue weighted by molar-refractivity contribution is 5.72. The van der Waals surface area contributed by atoms with Crippen LogP contribution in [0.1, 0.15) is 23.6 Å². The van der Waals surface area contributed by atoms with E-state index in [0.717, 1.165) is 18.7 Å². The number of aryl methyl sites for hydroxylation is 1. The first-order chi connectivity index (χ1) is 10.5. The SMILES string of the molecule is CC(=O)N(C)CCNc1cccc(Cc2ccc(C)cc2)c1. The van der Waals surface area contributed by atoms with E-state index >= 15 is 0 Å². The number of amides is 1. The lowest BCUT2D eigenvalue weighted by Crippen LogP contribution is -2.29. The number of likely N-dealkylation sites (N-methyl/N-ethyl adjacent to an activating group) is 1. The van der Waals surface area contributed by atoms with Crippen LogP contribution >= 0.6 is 0 Å². The van der Waals surface area contributed by atoms with E-state index in [-0.39, 0.29) is 5.91 Å². The maximum atomic E-state index is 11.2. The molecule has 0 heterocycles. The molecule has 0 aliphatic heterocycles. The number of benzene rings is 2. The molecule has 0 unspecified atom stereocenters. The van der Waals surface area contributed by atoms with Gasteiger partial charge in [0.1, 0.15) is 0 Å². The molecule has 0 atom stereocenters. The van der Waals surface area contributed by atoms with Crippen LogP contribution in [0.3, 0.4) is 0 Å². The van der Waals surface area contributed by atoms with Crippen molar-refractivity contribution in [2.24, 2.45) is 0 Å². The smallest absolute Gasteiger partial charge is 0.219 e. The third kappa shape index (κ3) is 4.92. The first-order valence-corrected chi connectivity index (χ1v) is 7.64. The molecule has 0 saturated heterocycles. The number of hydrogen-bond acceptors (Lipinski definition) is 2. The highest BCUT2D eigenvalue weighted by Gasteiger charge is 2.02. The van der Waals surface area contributed by atoms with Crippen molar-refractivity contribution in [2.75, 3.05) is 25.5 Å². The van der Waals surface area contributed by atoms with Crippen LogP contribution < -0.4 is 5.32 Å². The molecule has 2 aromatic rings. The van der Waals surface area contributed by atoms with Gasteiger partial charge in [0.05, 0.1) is 0 Å². The third-order valence-corrected chi connectivity index (χ3v) is 3.77. The van der Waals surface area contributed by atoms with Gasteiger partial charge in [-0.05, 0) is 36.6 Å². The topological polar surface area (TPSA) is 32.3 Å². The maximum absolute atomic E-state index is 11.2. The molecular formula is C19H24N2O. The second-order valence-electron chi connectivity index (χ2n) is 5.73. The highest BCUT2D eigenvalue weighted by atomic mass is 16.2. The molecule has 2 aromatic carbocycles. The predicted molar refractivity (Wildman–Crippen MR) is 92.2 cm³/mol. The van der Waals surface area contributed by atoms with Gasteiger partial charge in [0.15, 0.2) is 0 Å². The van der Waals surface area contributed by atoms with Gasteiger partial charge in [-0.1, -0.05) is 42.0 Å². The molecule has 0 aromatic heterocycles. The first-order valence-electron chi connectivity index (χ1n) is 7.64. The fourth-order valence-corrected chi connectivity index (χ4v) is 2.26. The maximum Gasteiger partial charge on any atom is 0.219 e.